The number of aromatic amines is 1. The topological polar surface area (TPSA) is 96.1 Å². The second-order valence-corrected chi connectivity index (χ2v) is 10.7. The van der Waals surface area contributed by atoms with Gasteiger partial charge in [0.15, 0.2) is 0 Å². The highest BCUT2D eigenvalue weighted by molar-refractivity contribution is 5.93. The number of methoxy groups -OCH3 is 1. The summed E-state index contributed by atoms with van der Waals surface area (Å²) in [6.07, 6.45) is 10.2. The molecule has 0 aliphatic heterocycles. The maximum absolute atomic E-state index is 12.5. The summed E-state index contributed by atoms with van der Waals surface area (Å²) in [5.74, 6) is 2.34. The Morgan fingerprint density at radius 2 is 1.97 bits per heavy atom. The van der Waals surface area contributed by atoms with Crippen molar-refractivity contribution >= 4 is 23.0 Å². The van der Waals surface area contributed by atoms with Gasteiger partial charge in [-0.2, -0.15) is 0 Å². The Labute approximate surface area is 208 Å². The molecule has 0 spiro atoms. The van der Waals surface area contributed by atoms with Crippen LogP contribution in [0.2, 0.25) is 0 Å². The van der Waals surface area contributed by atoms with Crippen molar-refractivity contribution in [1.82, 2.24) is 20.6 Å². The van der Waals surface area contributed by atoms with Crippen molar-refractivity contribution in [1.29, 1.82) is 0 Å². The van der Waals surface area contributed by atoms with Crippen molar-refractivity contribution in [2.75, 3.05) is 13.7 Å². The van der Waals surface area contributed by atoms with Gasteiger partial charge < -0.3 is 20.4 Å². The first kappa shape index (κ1) is 25.3. The van der Waals surface area contributed by atoms with Crippen LogP contribution in [0.3, 0.4) is 0 Å². The van der Waals surface area contributed by atoms with Gasteiger partial charge in [-0.3, -0.25) is 0 Å². The molecule has 1 aromatic carbocycles. The van der Waals surface area contributed by atoms with Crippen LogP contribution in [0.25, 0.3) is 11.0 Å². The summed E-state index contributed by atoms with van der Waals surface area (Å²) in [5.41, 5.74) is 3.59. The third-order valence-electron chi connectivity index (χ3n) is 7.91. The smallest absolute Gasteiger partial charge is 0.337 e. The number of esters is 1. The van der Waals surface area contributed by atoms with Crippen LogP contribution in [0.15, 0.2) is 29.8 Å². The molecule has 2 aromatic rings. The number of carbonyl (C=O) groups excluding carboxylic acids is 2. The van der Waals surface area contributed by atoms with E-state index in [4.69, 9.17) is 9.72 Å². The van der Waals surface area contributed by atoms with Crippen LogP contribution in [0.1, 0.15) is 75.5 Å². The molecule has 2 aliphatic rings. The second kappa shape index (κ2) is 11.3. The molecule has 1 fully saturated rings. The van der Waals surface area contributed by atoms with Gasteiger partial charge in [-0.05, 0) is 68.1 Å². The van der Waals surface area contributed by atoms with Crippen molar-refractivity contribution in [3.8, 4) is 0 Å². The fourth-order valence-electron chi connectivity index (χ4n) is 5.84. The Kier molecular flexibility index (Phi) is 8.14. The van der Waals surface area contributed by atoms with Gasteiger partial charge in [-0.25, -0.2) is 14.6 Å². The van der Waals surface area contributed by atoms with Gasteiger partial charge in [0.25, 0.3) is 0 Å². The van der Waals surface area contributed by atoms with Gasteiger partial charge in [-0.1, -0.05) is 44.8 Å². The molecule has 4 rings (SSSR count). The van der Waals surface area contributed by atoms with E-state index in [1.165, 1.54) is 31.9 Å². The van der Waals surface area contributed by atoms with E-state index in [0.29, 0.717) is 41.8 Å². The first-order chi connectivity index (χ1) is 16.8. The molecule has 7 nitrogen and oxygen atoms in total. The average molecular weight is 481 g/mol. The lowest BCUT2D eigenvalue weighted by molar-refractivity contribution is 0.0601. The highest BCUT2D eigenvalue weighted by Gasteiger charge is 2.32. The number of carbonyl (C=O) groups is 2. The first-order valence-corrected chi connectivity index (χ1v) is 13.1. The van der Waals surface area contributed by atoms with Gasteiger partial charge in [0, 0.05) is 19.0 Å². The number of hydrogen-bond donors (Lipinski definition) is 3. The zero-order valence-electron chi connectivity index (χ0n) is 21.5. The van der Waals surface area contributed by atoms with Gasteiger partial charge in [0.2, 0.25) is 0 Å². The monoisotopic (exact) mass is 480 g/mol. The predicted molar refractivity (Wildman–Crippen MR) is 138 cm³/mol. The first-order valence-electron chi connectivity index (χ1n) is 13.1. The quantitative estimate of drug-likeness (QED) is 0.366. The van der Waals surface area contributed by atoms with Crippen molar-refractivity contribution in [2.24, 2.45) is 23.7 Å². The van der Waals surface area contributed by atoms with Crippen molar-refractivity contribution in [3.05, 3.63) is 41.2 Å². The summed E-state index contributed by atoms with van der Waals surface area (Å²) in [6, 6.07) is 5.72. The molecule has 0 radical (unpaired) electrons. The minimum absolute atomic E-state index is 0.0267. The molecule has 2 aliphatic carbocycles. The van der Waals surface area contributed by atoms with Crippen LogP contribution in [0.4, 0.5) is 4.79 Å². The highest BCUT2D eigenvalue weighted by atomic mass is 16.5. The number of aromatic nitrogens is 2. The van der Waals surface area contributed by atoms with Crippen LogP contribution in [0.5, 0.6) is 0 Å². The van der Waals surface area contributed by atoms with E-state index >= 15 is 0 Å². The zero-order valence-corrected chi connectivity index (χ0v) is 21.5. The maximum atomic E-state index is 12.5. The number of nitrogens with zero attached hydrogens (tertiary/aromatic N) is 1. The molecule has 0 bridgehead atoms. The number of nitrogens with one attached hydrogen (secondary N) is 3. The van der Waals surface area contributed by atoms with E-state index in [1.54, 1.807) is 12.1 Å². The van der Waals surface area contributed by atoms with Gasteiger partial charge in [0.05, 0.1) is 23.7 Å². The average Bonchev–Trinajstić information content (AvgIpc) is 3.25. The van der Waals surface area contributed by atoms with E-state index in [-0.39, 0.29) is 12.0 Å². The predicted octanol–water partition coefficient (Wildman–Crippen LogP) is 5.38. The summed E-state index contributed by atoms with van der Waals surface area (Å²) >= 11 is 0. The number of rotatable bonds is 7. The number of H-pyrrole nitrogens is 1. The molecular weight excluding hydrogens is 440 g/mol. The van der Waals surface area contributed by atoms with Gasteiger partial charge >= 0.3 is 12.0 Å². The molecule has 1 heterocycles. The summed E-state index contributed by atoms with van der Waals surface area (Å²) in [7, 11) is 1.39. The van der Waals surface area contributed by atoms with Crippen LogP contribution in [0, 0.1) is 23.7 Å². The second-order valence-electron chi connectivity index (χ2n) is 10.7. The van der Waals surface area contributed by atoms with Crippen LogP contribution in [-0.4, -0.2) is 41.7 Å². The van der Waals surface area contributed by atoms with Crippen molar-refractivity contribution in [2.45, 2.75) is 71.8 Å². The molecule has 3 atom stereocenters. The molecule has 2 amide bonds. The third-order valence-corrected chi connectivity index (χ3v) is 7.91. The van der Waals surface area contributed by atoms with Crippen LogP contribution < -0.4 is 10.6 Å². The number of amides is 2. The van der Waals surface area contributed by atoms with Gasteiger partial charge in [-0.15, -0.1) is 0 Å². The van der Waals surface area contributed by atoms with Crippen molar-refractivity contribution in [3.63, 3.8) is 0 Å². The van der Waals surface area contributed by atoms with Crippen molar-refractivity contribution < 1.29 is 14.3 Å². The number of urea groups is 1. The Balaban J connectivity index is 1.40. The van der Waals surface area contributed by atoms with Gasteiger partial charge in [0.1, 0.15) is 5.82 Å². The SMILES string of the molecule is COC(=O)c1ccc2nc(CC3CC(C(C)C)C(CNC(=O)NC4CCCCC4)C=C3C)[nH]c2c1. The number of allylic oxidation sites excluding steroid dienone is 1. The summed E-state index contributed by atoms with van der Waals surface area (Å²) in [6.45, 7) is 7.43. The number of hydrogen-bond acceptors (Lipinski definition) is 4. The molecule has 7 heteroatoms. The summed E-state index contributed by atoms with van der Waals surface area (Å²) in [4.78, 5) is 32.5. The normalized spacial score (nSPS) is 23.2. The molecule has 3 unspecified atom stereocenters. The molecule has 0 saturated heterocycles. The molecule has 3 N–H and O–H groups in total. The number of benzene rings is 1. The Morgan fingerprint density at radius 1 is 1.20 bits per heavy atom. The van der Waals surface area contributed by atoms with E-state index in [2.05, 4.69) is 42.5 Å². The largest absolute Gasteiger partial charge is 0.465 e. The molecule has 35 heavy (non-hydrogen) atoms. The summed E-state index contributed by atoms with van der Waals surface area (Å²) in [5, 5.41) is 6.33. The standard InChI is InChI=1S/C28H40N4O3/c1-17(2)23-13-20(15-26-31-24-11-10-19(27(33)35-4)14-25(24)32-26)18(3)12-21(23)16-29-28(34)30-22-8-6-5-7-9-22/h10-12,14,17,20-23H,5-9,13,15-16H2,1-4H3,(H,31,32)(H2,29,30,34). The third kappa shape index (κ3) is 6.24. The number of imidazole rings is 1. The molecular formula is C28H40N4O3. The van der Waals surface area contributed by atoms with E-state index in [1.807, 2.05) is 6.07 Å². The fourth-order valence-corrected chi connectivity index (χ4v) is 5.84. The molecule has 190 valence electrons. The van der Waals surface area contributed by atoms with E-state index in [0.717, 1.165) is 42.5 Å². The zero-order chi connectivity index (χ0) is 24.9. The minimum atomic E-state index is -0.346. The van der Waals surface area contributed by atoms with Crippen LogP contribution >= 0.6 is 0 Å². The van der Waals surface area contributed by atoms with E-state index in [9.17, 15) is 9.59 Å². The molecule has 1 aromatic heterocycles. The number of fused-ring (bicyclic) bond motifs is 1. The summed E-state index contributed by atoms with van der Waals surface area (Å²) < 4.78 is 4.83. The lowest BCUT2D eigenvalue weighted by Gasteiger charge is -2.37. The Bertz CT molecular complexity index is 1070. The lowest BCUT2D eigenvalue weighted by Crippen LogP contribution is -2.45. The molecule has 1 saturated carbocycles. The Hall–Kier alpha value is -2.83. The maximum Gasteiger partial charge on any atom is 0.337 e. The van der Waals surface area contributed by atoms with Crippen LogP contribution in [-0.2, 0) is 11.2 Å². The fraction of sp³-hybridized carbons (Fsp3) is 0.607. The highest BCUT2D eigenvalue weighted by Crippen LogP contribution is 2.38. The Morgan fingerprint density at radius 3 is 2.69 bits per heavy atom. The minimum Gasteiger partial charge on any atom is -0.465 e. The van der Waals surface area contributed by atoms with E-state index < -0.39 is 0 Å². The number of ether oxygens (including phenoxy) is 1. The lowest BCUT2D eigenvalue weighted by atomic mass is 9.70.